The van der Waals surface area contributed by atoms with Crippen LogP contribution in [0.3, 0.4) is 0 Å². The third-order valence-corrected chi connectivity index (χ3v) is 12.5. The first-order valence-corrected chi connectivity index (χ1v) is 21.4. The molecule has 63 heavy (non-hydrogen) atoms. The van der Waals surface area contributed by atoms with E-state index in [0.29, 0.717) is 17.5 Å². The summed E-state index contributed by atoms with van der Waals surface area (Å²) >= 11 is 0. The summed E-state index contributed by atoms with van der Waals surface area (Å²) in [5, 5.41) is 6.75. The monoisotopic (exact) mass is 808 g/mol. The Morgan fingerprint density at radius 3 is 1.67 bits per heavy atom. The van der Waals surface area contributed by atoms with Crippen molar-refractivity contribution >= 4 is 71.4 Å². The van der Waals surface area contributed by atoms with Gasteiger partial charge >= 0.3 is 0 Å². The van der Waals surface area contributed by atoms with E-state index >= 15 is 0 Å². The molecule has 6 nitrogen and oxygen atoms in total. The number of rotatable bonds is 6. The predicted octanol–water partition coefficient (Wildman–Crippen LogP) is 15.3. The topological polar surface area (TPSA) is 69.9 Å². The maximum Gasteiger partial charge on any atom is 0.164 e. The van der Waals surface area contributed by atoms with Gasteiger partial charge in [-0.3, -0.25) is 0 Å². The lowest BCUT2D eigenvalue weighted by Gasteiger charge is -2.14. The van der Waals surface area contributed by atoms with Gasteiger partial charge in [-0.25, -0.2) is 15.0 Å². The number of benzene rings is 8. The van der Waals surface area contributed by atoms with Crippen molar-refractivity contribution in [2.24, 2.45) is 0 Å². The van der Waals surface area contributed by atoms with Crippen LogP contribution in [0.1, 0.15) is 12.8 Å². The highest BCUT2D eigenvalue weighted by atomic mass is 16.3. The molecule has 0 radical (unpaired) electrons. The zero-order valence-corrected chi connectivity index (χ0v) is 34.0. The van der Waals surface area contributed by atoms with Crippen LogP contribution < -0.4 is 0 Å². The Bertz CT molecular complexity index is 3870. The van der Waals surface area contributed by atoms with Crippen LogP contribution in [0.4, 0.5) is 0 Å². The number of nitrogens with zero attached hydrogens (tertiary/aromatic N) is 4. The maximum atomic E-state index is 6.58. The minimum Gasteiger partial charge on any atom is -0.456 e. The molecule has 0 saturated carbocycles. The third-order valence-electron chi connectivity index (χ3n) is 12.5. The molecule has 0 aliphatic heterocycles. The van der Waals surface area contributed by atoms with E-state index in [1.54, 1.807) is 0 Å². The van der Waals surface area contributed by atoms with Crippen LogP contribution >= 0.6 is 0 Å². The highest BCUT2D eigenvalue weighted by Gasteiger charge is 2.19. The lowest BCUT2D eigenvalue weighted by molar-refractivity contribution is 0.668. The molecule has 0 unspecified atom stereocenters. The molecule has 0 amide bonds. The van der Waals surface area contributed by atoms with Crippen LogP contribution in [0.5, 0.6) is 0 Å². The van der Waals surface area contributed by atoms with Gasteiger partial charge in [-0.2, -0.15) is 0 Å². The second-order valence-electron chi connectivity index (χ2n) is 16.3. The molecule has 0 spiro atoms. The summed E-state index contributed by atoms with van der Waals surface area (Å²) in [7, 11) is 0. The molecule has 8 aromatic carbocycles. The van der Waals surface area contributed by atoms with Gasteiger partial charge in [-0.15, -0.1) is 0 Å². The largest absolute Gasteiger partial charge is 0.456 e. The molecule has 1 aliphatic rings. The van der Waals surface area contributed by atoms with Crippen LogP contribution in [0.25, 0.3) is 128 Å². The Kier molecular flexibility index (Phi) is 7.93. The Morgan fingerprint density at radius 2 is 0.905 bits per heavy atom. The predicted molar refractivity (Wildman–Crippen MR) is 257 cm³/mol. The summed E-state index contributed by atoms with van der Waals surface area (Å²) in [5.74, 6) is 1.70. The van der Waals surface area contributed by atoms with Gasteiger partial charge in [0.15, 0.2) is 17.5 Å². The Labute approximate surface area is 361 Å². The Balaban J connectivity index is 0.925. The fourth-order valence-electron chi connectivity index (χ4n) is 9.43. The first kappa shape index (κ1) is 35.4. The Hall–Kier alpha value is -8.35. The van der Waals surface area contributed by atoms with E-state index < -0.39 is 0 Å². The van der Waals surface area contributed by atoms with E-state index in [4.69, 9.17) is 23.8 Å². The normalized spacial score (nSPS) is 13.0. The van der Waals surface area contributed by atoms with Crippen molar-refractivity contribution in [1.82, 2.24) is 19.5 Å². The fraction of sp³-hybridized carbons (Fsp3) is 0.0351. The molecule has 296 valence electrons. The minimum atomic E-state index is 0.556. The molecular weight excluding hydrogens is 773 g/mol. The van der Waals surface area contributed by atoms with E-state index in [-0.39, 0.29) is 0 Å². The van der Waals surface area contributed by atoms with Crippen molar-refractivity contribution < 1.29 is 8.83 Å². The van der Waals surface area contributed by atoms with Gasteiger partial charge in [-0.05, 0) is 102 Å². The molecule has 12 aromatic rings. The third kappa shape index (κ3) is 5.91. The van der Waals surface area contributed by atoms with Crippen LogP contribution in [-0.4, -0.2) is 19.5 Å². The number of para-hydroxylation sites is 2. The zero-order valence-electron chi connectivity index (χ0n) is 34.0. The number of aromatic nitrogens is 4. The standard InChI is InChI=1S/C57H36N4O2/c1-3-12-35(13-4-1)36-14-11-15-39(30-36)55-58-56(40-23-27-46-45-19-8-10-21-51(45)62-53(46)33-40)60-57(59-55)41-24-28-47-48-31-37(25-29-52(48)63-54(47)34-41)38-22-26-44-43-18-7-9-20-49(43)61(50(44)32-38)42-16-5-2-6-17-42/h1-5,7-16,18-34H,6,17H2. The fourth-order valence-corrected chi connectivity index (χ4v) is 9.43. The first-order valence-electron chi connectivity index (χ1n) is 21.4. The van der Waals surface area contributed by atoms with Crippen LogP contribution in [-0.2, 0) is 0 Å². The van der Waals surface area contributed by atoms with Crippen molar-refractivity contribution in [2.45, 2.75) is 12.8 Å². The highest BCUT2D eigenvalue weighted by Crippen LogP contribution is 2.40. The van der Waals surface area contributed by atoms with Gasteiger partial charge < -0.3 is 13.4 Å². The zero-order chi connectivity index (χ0) is 41.4. The van der Waals surface area contributed by atoms with Crippen molar-refractivity contribution in [3.8, 4) is 56.4 Å². The highest BCUT2D eigenvalue weighted by molar-refractivity contribution is 6.12. The summed E-state index contributed by atoms with van der Waals surface area (Å²) < 4.78 is 15.3. The average molecular weight is 809 g/mol. The minimum absolute atomic E-state index is 0.556. The summed E-state index contributed by atoms with van der Waals surface area (Å²) in [6, 6.07) is 61.4. The summed E-state index contributed by atoms with van der Waals surface area (Å²) in [6.45, 7) is 0. The quantitative estimate of drug-likeness (QED) is 0.167. The SMILES string of the molecule is C1=CCCC(n2c3ccccc3c3ccc(-c4ccc5oc6cc(-c7nc(-c8cccc(-c9ccccc9)c8)nc(-c8ccc9c(c8)oc8ccccc89)n7)ccc6c5c4)cc32)=C1. The van der Waals surface area contributed by atoms with Crippen LogP contribution in [0.2, 0.25) is 0 Å². The number of hydrogen-bond acceptors (Lipinski definition) is 5. The average Bonchev–Trinajstić information content (AvgIpc) is 4.03. The lowest BCUT2D eigenvalue weighted by Crippen LogP contribution is -2.00. The molecule has 0 saturated heterocycles. The molecule has 0 bridgehead atoms. The van der Waals surface area contributed by atoms with Crippen molar-refractivity contribution in [3.05, 3.63) is 194 Å². The molecule has 4 heterocycles. The number of furan rings is 2. The molecule has 0 N–H and O–H groups in total. The summed E-state index contributed by atoms with van der Waals surface area (Å²) in [6.07, 6.45) is 8.73. The first-order chi connectivity index (χ1) is 31.2. The van der Waals surface area contributed by atoms with E-state index in [2.05, 4.69) is 168 Å². The van der Waals surface area contributed by atoms with E-state index in [1.807, 2.05) is 30.3 Å². The number of hydrogen-bond donors (Lipinski definition) is 0. The van der Waals surface area contributed by atoms with E-state index in [1.165, 1.54) is 27.5 Å². The lowest BCUT2D eigenvalue weighted by atomic mass is 10.0. The molecular formula is C57H36N4O2. The molecule has 0 atom stereocenters. The smallest absolute Gasteiger partial charge is 0.164 e. The second-order valence-corrected chi connectivity index (χ2v) is 16.3. The molecule has 6 heteroatoms. The molecule has 0 fully saturated rings. The van der Waals surface area contributed by atoms with Crippen LogP contribution in [0.15, 0.2) is 203 Å². The van der Waals surface area contributed by atoms with Gasteiger partial charge in [0.05, 0.1) is 11.0 Å². The molecule has 4 aromatic heterocycles. The van der Waals surface area contributed by atoms with Gasteiger partial charge in [0.25, 0.3) is 0 Å². The number of allylic oxidation sites excluding steroid dienone is 4. The maximum absolute atomic E-state index is 6.58. The van der Waals surface area contributed by atoms with Gasteiger partial charge in [0.1, 0.15) is 22.3 Å². The molecule has 13 rings (SSSR count). The van der Waals surface area contributed by atoms with Gasteiger partial charge in [-0.1, -0.05) is 127 Å². The van der Waals surface area contributed by atoms with E-state index in [9.17, 15) is 0 Å². The van der Waals surface area contributed by atoms with E-state index in [0.717, 1.165) is 95.7 Å². The van der Waals surface area contributed by atoms with Gasteiger partial charge in [0.2, 0.25) is 0 Å². The number of fused-ring (bicyclic) bond motifs is 9. The summed E-state index contributed by atoms with van der Waals surface area (Å²) in [4.78, 5) is 15.4. The second kappa shape index (κ2) is 14.1. The van der Waals surface area contributed by atoms with Crippen molar-refractivity contribution in [3.63, 3.8) is 0 Å². The summed E-state index contributed by atoms with van der Waals surface area (Å²) in [5.41, 5.74) is 14.1. The van der Waals surface area contributed by atoms with Crippen molar-refractivity contribution in [1.29, 1.82) is 0 Å². The van der Waals surface area contributed by atoms with Gasteiger partial charge in [0, 0.05) is 54.7 Å². The van der Waals surface area contributed by atoms with Crippen LogP contribution in [0, 0.1) is 0 Å². The molecule has 1 aliphatic carbocycles. The Morgan fingerprint density at radius 1 is 0.365 bits per heavy atom. The van der Waals surface area contributed by atoms with Crippen molar-refractivity contribution in [2.75, 3.05) is 0 Å².